The van der Waals surface area contributed by atoms with Crippen LogP contribution in [-0.2, 0) is 10.0 Å². The standard InChI is InChI=1S/C23H21F2N5O3S/c1-3-10-34(32,33)30-17-9-8-16(24)19(20(17)25)23(31)27-14-11-18-22(26-12-14)29-21(28-18)15-7-5-4-6-13(15)2/h4-9,11-12,30H,3,10H2,1-2H3,(H,27,31)(H,26,28,29). The molecule has 176 valence electrons. The number of anilines is 2. The number of aromatic amines is 1. The van der Waals surface area contributed by atoms with Gasteiger partial charge in [0.05, 0.1) is 23.3 Å². The monoisotopic (exact) mass is 485 g/mol. The summed E-state index contributed by atoms with van der Waals surface area (Å²) in [6.07, 6.45) is 1.63. The molecule has 0 saturated heterocycles. The van der Waals surface area contributed by atoms with Crippen LogP contribution in [0.2, 0.25) is 0 Å². The lowest BCUT2D eigenvalue weighted by atomic mass is 10.1. The number of rotatable bonds is 7. The van der Waals surface area contributed by atoms with Gasteiger partial charge in [0.15, 0.2) is 11.5 Å². The minimum absolute atomic E-state index is 0.163. The van der Waals surface area contributed by atoms with Gasteiger partial charge in [0.2, 0.25) is 10.0 Å². The zero-order valence-electron chi connectivity index (χ0n) is 18.3. The second-order valence-electron chi connectivity index (χ2n) is 7.65. The number of amides is 1. The van der Waals surface area contributed by atoms with Gasteiger partial charge in [-0.15, -0.1) is 0 Å². The minimum atomic E-state index is -3.84. The molecular formula is C23H21F2N5O3S. The molecule has 0 fully saturated rings. The highest BCUT2D eigenvalue weighted by molar-refractivity contribution is 7.92. The average molecular weight is 486 g/mol. The number of carbonyl (C=O) groups excluding carboxylic acids is 1. The van der Waals surface area contributed by atoms with E-state index in [4.69, 9.17) is 0 Å². The highest BCUT2D eigenvalue weighted by Gasteiger charge is 2.23. The Morgan fingerprint density at radius 1 is 1.15 bits per heavy atom. The van der Waals surface area contributed by atoms with Crippen molar-refractivity contribution in [3.63, 3.8) is 0 Å². The maximum absolute atomic E-state index is 14.9. The predicted octanol–water partition coefficient (Wildman–Crippen LogP) is 4.62. The van der Waals surface area contributed by atoms with Crippen LogP contribution < -0.4 is 10.0 Å². The van der Waals surface area contributed by atoms with Gasteiger partial charge in [-0.2, -0.15) is 0 Å². The molecule has 3 N–H and O–H groups in total. The summed E-state index contributed by atoms with van der Waals surface area (Å²) in [7, 11) is -3.84. The number of nitrogens with one attached hydrogen (secondary N) is 3. The van der Waals surface area contributed by atoms with Gasteiger partial charge in [0.1, 0.15) is 22.7 Å². The third kappa shape index (κ3) is 4.74. The van der Waals surface area contributed by atoms with Gasteiger partial charge in [-0.1, -0.05) is 31.2 Å². The Labute approximate surface area is 194 Å². The van der Waals surface area contributed by atoms with E-state index in [9.17, 15) is 22.0 Å². The summed E-state index contributed by atoms with van der Waals surface area (Å²) in [6, 6.07) is 10.9. The largest absolute Gasteiger partial charge is 0.323 e. The zero-order chi connectivity index (χ0) is 24.5. The molecule has 0 aliphatic heterocycles. The topological polar surface area (TPSA) is 117 Å². The summed E-state index contributed by atoms with van der Waals surface area (Å²) in [6.45, 7) is 3.59. The van der Waals surface area contributed by atoms with Gasteiger partial charge in [-0.25, -0.2) is 27.2 Å². The first-order chi connectivity index (χ1) is 16.2. The second-order valence-corrected chi connectivity index (χ2v) is 9.49. The first-order valence-corrected chi connectivity index (χ1v) is 12.1. The van der Waals surface area contributed by atoms with Crippen LogP contribution in [0.5, 0.6) is 0 Å². The number of carbonyl (C=O) groups is 1. The van der Waals surface area contributed by atoms with E-state index >= 15 is 0 Å². The molecular weight excluding hydrogens is 464 g/mol. The summed E-state index contributed by atoms with van der Waals surface area (Å²) in [5, 5.41) is 2.40. The summed E-state index contributed by atoms with van der Waals surface area (Å²) in [5.41, 5.74) is 1.55. The van der Waals surface area contributed by atoms with E-state index in [0.29, 0.717) is 23.4 Å². The maximum atomic E-state index is 14.9. The third-order valence-electron chi connectivity index (χ3n) is 5.05. The predicted molar refractivity (Wildman–Crippen MR) is 126 cm³/mol. The lowest BCUT2D eigenvalue weighted by Gasteiger charge is -2.12. The van der Waals surface area contributed by atoms with Crippen molar-refractivity contribution in [2.45, 2.75) is 20.3 Å². The molecule has 0 aliphatic rings. The summed E-state index contributed by atoms with van der Waals surface area (Å²) < 4.78 is 55.2. The molecule has 4 rings (SSSR count). The molecule has 0 spiro atoms. The first-order valence-electron chi connectivity index (χ1n) is 10.4. The van der Waals surface area contributed by atoms with Crippen molar-refractivity contribution in [2.75, 3.05) is 15.8 Å². The maximum Gasteiger partial charge on any atom is 0.261 e. The third-order valence-corrected chi connectivity index (χ3v) is 6.53. The lowest BCUT2D eigenvalue weighted by Crippen LogP contribution is -2.20. The molecule has 0 radical (unpaired) electrons. The molecule has 2 aromatic carbocycles. The number of pyridine rings is 1. The summed E-state index contributed by atoms with van der Waals surface area (Å²) in [5.74, 6) is -3.20. The summed E-state index contributed by atoms with van der Waals surface area (Å²) in [4.78, 5) is 24.5. The zero-order valence-corrected chi connectivity index (χ0v) is 19.1. The molecule has 4 aromatic rings. The van der Waals surface area contributed by atoms with Gasteiger partial charge in [-0.05, 0) is 37.1 Å². The SMILES string of the molecule is CCCS(=O)(=O)Nc1ccc(F)c(C(=O)Nc2cnc3[nH]c(-c4ccccc4C)nc3c2)c1F. The van der Waals surface area contributed by atoms with Gasteiger partial charge in [-0.3, -0.25) is 9.52 Å². The molecule has 1 amide bonds. The normalized spacial score (nSPS) is 11.5. The number of H-pyrrole nitrogens is 1. The Morgan fingerprint density at radius 2 is 1.91 bits per heavy atom. The number of imidazole rings is 1. The molecule has 34 heavy (non-hydrogen) atoms. The van der Waals surface area contributed by atoms with Crippen LogP contribution in [0.1, 0.15) is 29.3 Å². The number of sulfonamides is 1. The Kier molecular flexibility index (Phi) is 6.29. The number of benzene rings is 2. The fourth-order valence-corrected chi connectivity index (χ4v) is 4.58. The Morgan fingerprint density at radius 3 is 2.65 bits per heavy atom. The van der Waals surface area contributed by atoms with Crippen molar-refractivity contribution in [1.29, 1.82) is 0 Å². The number of hydrogen-bond acceptors (Lipinski definition) is 5. The Hall–Kier alpha value is -3.86. The molecule has 0 bridgehead atoms. The second kappa shape index (κ2) is 9.18. The van der Waals surface area contributed by atoms with Crippen molar-refractivity contribution in [1.82, 2.24) is 15.0 Å². The van der Waals surface area contributed by atoms with Crippen LogP contribution in [0.4, 0.5) is 20.2 Å². The van der Waals surface area contributed by atoms with Crippen LogP contribution in [-0.4, -0.2) is 35.0 Å². The molecule has 8 nitrogen and oxygen atoms in total. The van der Waals surface area contributed by atoms with Crippen LogP contribution in [0, 0.1) is 18.6 Å². The number of aryl methyl sites for hydroxylation is 1. The Bertz CT molecular complexity index is 1500. The molecule has 0 saturated carbocycles. The van der Waals surface area contributed by atoms with Crippen LogP contribution in [0.25, 0.3) is 22.6 Å². The van der Waals surface area contributed by atoms with Crippen molar-refractivity contribution in [3.05, 3.63) is 71.4 Å². The van der Waals surface area contributed by atoms with Crippen molar-refractivity contribution < 1.29 is 22.0 Å². The molecule has 0 unspecified atom stereocenters. The summed E-state index contributed by atoms with van der Waals surface area (Å²) >= 11 is 0. The lowest BCUT2D eigenvalue weighted by molar-refractivity contribution is 0.101. The van der Waals surface area contributed by atoms with Crippen molar-refractivity contribution >= 4 is 38.5 Å². The van der Waals surface area contributed by atoms with Gasteiger partial charge >= 0.3 is 0 Å². The van der Waals surface area contributed by atoms with E-state index in [1.165, 1.54) is 12.3 Å². The minimum Gasteiger partial charge on any atom is -0.323 e. The number of aromatic nitrogens is 3. The van der Waals surface area contributed by atoms with Crippen LogP contribution in [0.3, 0.4) is 0 Å². The van der Waals surface area contributed by atoms with Gasteiger partial charge in [0, 0.05) is 5.56 Å². The van der Waals surface area contributed by atoms with Crippen LogP contribution >= 0.6 is 0 Å². The number of hydrogen-bond donors (Lipinski definition) is 3. The number of fused-ring (bicyclic) bond motifs is 1. The van der Waals surface area contributed by atoms with E-state index in [1.54, 1.807) is 6.92 Å². The fourth-order valence-electron chi connectivity index (χ4n) is 3.45. The highest BCUT2D eigenvalue weighted by atomic mass is 32.2. The molecule has 0 atom stereocenters. The van der Waals surface area contributed by atoms with E-state index in [1.807, 2.05) is 35.9 Å². The van der Waals surface area contributed by atoms with Crippen LogP contribution in [0.15, 0.2) is 48.7 Å². The molecule has 2 aromatic heterocycles. The molecule has 11 heteroatoms. The van der Waals surface area contributed by atoms with Crippen molar-refractivity contribution in [3.8, 4) is 11.4 Å². The Balaban J connectivity index is 1.62. The smallest absolute Gasteiger partial charge is 0.261 e. The first kappa shape index (κ1) is 23.3. The highest BCUT2D eigenvalue weighted by Crippen LogP contribution is 2.26. The van der Waals surface area contributed by atoms with Gasteiger partial charge < -0.3 is 10.3 Å². The van der Waals surface area contributed by atoms with Gasteiger partial charge in [0.25, 0.3) is 5.91 Å². The molecule has 2 heterocycles. The van der Waals surface area contributed by atoms with E-state index in [2.05, 4.69) is 20.3 Å². The van der Waals surface area contributed by atoms with E-state index in [-0.39, 0.29) is 11.4 Å². The van der Waals surface area contributed by atoms with E-state index < -0.39 is 38.8 Å². The van der Waals surface area contributed by atoms with E-state index in [0.717, 1.165) is 23.3 Å². The number of halogens is 2. The quantitative estimate of drug-likeness (QED) is 0.353. The fraction of sp³-hybridized carbons (Fsp3) is 0.174. The molecule has 0 aliphatic carbocycles. The average Bonchev–Trinajstić information content (AvgIpc) is 3.19. The number of nitrogens with zero attached hydrogens (tertiary/aromatic N) is 2. The van der Waals surface area contributed by atoms with Crippen molar-refractivity contribution in [2.24, 2.45) is 0 Å².